The van der Waals surface area contributed by atoms with Gasteiger partial charge in [-0.1, -0.05) is 30.3 Å². The molecule has 0 spiro atoms. The molecule has 0 aliphatic carbocycles. The highest BCUT2D eigenvalue weighted by Gasteiger charge is 2.18. The van der Waals surface area contributed by atoms with E-state index in [0.29, 0.717) is 6.54 Å². The van der Waals surface area contributed by atoms with Crippen molar-refractivity contribution in [2.75, 3.05) is 0 Å². The van der Waals surface area contributed by atoms with Crippen LogP contribution in [0.15, 0.2) is 42.6 Å². The molecule has 0 fully saturated rings. The summed E-state index contributed by atoms with van der Waals surface area (Å²) in [7, 11) is 0. The lowest BCUT2D eigenvalue weighted by Crippen LogP contribution is -2.16. The Morgan fingerprint density at radius 2 is 1.78 bits per heavy atom. The fourth-order valence-corrected chi connectivity index (χ4v) is 2.41. The van der Waals surface area contributed by atoms with Crippen LogP contribution < -0.4 is 5.73 Å². The summed E-state index contributed by atoms with van der Waals surface area (Å²) in [4.78, 5) is 6.87. The predicted octanol–water partition coefficient (Wildman–Crippen LogP) is 2.06. The molecule has 0 bridgehead atoms. The summed E-state index contributed by atoms with van der Waals surface area (Å²) >= 11 is 0. The van der Waals surface area contributed by atoms with Crippen LogP contribution in [0.4, 0.5) is 0 Å². The number of benzene rings is 1. The number of hydrogen-bond donors (Lipinski definition) is 1. The Bertz CT molecular complexity index is 509. The lowest BCUT2D eigenvalue weighted by molar-refractivity contribution is 0.272. The molecule has 1 aromatic heterocycles. The van der Waals surface area contributed by atoms with Gasteiger partial charge in [0.05, 0.1) is 5.69 Å². The van der Waals surface area contributed by atoms with Crippen molar-refractivity contribution in [3.8, 4) is 0 Å². The third-order valence-electron chi connectivity index (χ3n) is 3.41. The first-order valence-electron chi connectivity index (χ1n) is 6.28. The highest BCUT2D eigenvalue weighted by molar-refractivity contribution is 5.30. The van der Waals surface area contributed by atoms with Crippen LogP contribution in [-0.2, 0) is 26.2 Å². The molecule has 2 heterocycles. The SMILES string of the molecule is NCc1ccc(CN2Cc3ccccc3C2)nc1. The van der Waals surface area contributed by atoms with Crippen LogP contribution in [0.2, 0.25) is 0 Å². The van der Waals surface area contributed by atoms with E-state index in [4.69, 9.17) is 5.73 Å². The van der Waals surface area contributed by atoms with Crippen LogP contribution in [0.1, 0.15) is 22.4 Å². The molecule has 1 aliphatic heterocycles. The van der Waals surface area contributed by atoms with Crippen molar-refractivity contribution in [1.29, 1.82) is 0 Å². The number of fused-ring (bicyclic) bond motifs is 1. The molecule has 0 unspecified atom stereocenters. The Labute approximate surface area is 107 Å². The Morgan fingerprint density at radius 1 is 1.06 bits per heavy atom. The second kappa shape index (κ2) is 4.88. The highest BCUT2D eigenvalue weighted by Crippen LogP contribution is 2.23. The Hall–Kier alpha value is -1.71. The van der Waals surface area contributed by atoms with Gasteiger partial charge in [-0.3, -0.25) is 9.88 Å². The zero-order valence-electron chi connectivity index (χ0n) is 10.3. The van der Waals surface area contributed by atoms with Crippen LogP contribution in [0.25, 0.3) is 0 Å². The summed E-state index contributed by atoms with van der Waals surface area (Å²) in [5.74, 6) is 0. The average molecular weight is 239 g/mol. The van der Waals surface area contributed by atoms with Crippen molar-refractivity contribution in [1.82, 2.24) is 9.88 Å². The fourth-order valence-electron chi connectivity index (χ4n) is 2.41. The molecule has 1 aliphatic rings. The van der Waals surface area contributed by atoms with Gasteiger partial charge in [0.15, 0.2) is 0 Å². The van der Waals surface area contributed by atoms with Crippen molar-refractivity contribution in [2.24, 2.45) is 5.73 Å². The van der Waals surface area contributed by atoms with Gasteiger partial charge in [-0.15, -0.1) is 0 Å². The predicted molar refractivity (Wildman–Crippen MR) is 71.5 cm³/mol. The minimum absolute atomic E-state index is 0.558. The maximum absolute atomic E-state index is 5.57. The molecular formula is C15H17N3. The van der Waals surface area contributed by atoms with Gasteiger partial charge in [0.25, 0.3) is 0 Å². The topological polar surface area (TPSA) is 42.1 Å². The molecule has 0 amide bonds. The van der Waals surface area contributed by atoms with Crippen molar-refractivity contribution in [3.05, 3.63) is 65.0 Å². The first-order chi connectivity index (χ1) is 8.85. The third-order valence-corrected chi connectivity index (χ3v) is 3.41. The van der Waals surface area contributed by atoms with Crippen LogP contribution in [0.5, 0.6) is 0 Å². The average Bonchev–Trinajstić information content (AvgIpc) is 2.82. The lowest BCUT2D eigenvalue weighted by atomic mass is 10.1. The zero-order valence-corrected chi connectivity index (χ0v) is 10.3. The molecule has 0 saturated carbocycles. The van der Waals surface area contributed by atoms with Gasteiger partial charge in [0.2, 0.25) is 0 Å². The highest BCUT2D eigenvalue weighted by atomic mass is 15.1. The Balaban J connectivity index is 1.68. The Morgan fingerprint density at radius 3 is 2.33 bits per heavy atom. The van der Waals surface area contributed by atoms with E-state index in [0.717, 1.165) is 30.9 Å². The first kappa shape index (κ1) is 11.4. The monoisotopic (exact) mass is 239 g/mol. The van der Waals surface area contributed by atoms with E-state index in [1.54, 1.807) is 0 Å². The van der Waals surface area contributed by atoms with E-state index in [9.17, 15) is 0 Å². The second-order valence-corrected chi connectivity index (χ2v) is 4.78. The number of aromatic nitrogens is 1. The maximum Gasteiger partial charge on any atom is 0.0544 e. The van der Waals surface area contributed by atoms with E-state index in [1.807, 2.05) is 6.20 Å². The van der Waals surface area contributed by atoms with E-state index < -0.39 is 0 Å². The molecule has 0 saturated heterocycles. The largest absolute Gasteiger partial charge is 0.326 e. The summed E-state index contributed by atoms with van der Waals surface area (Å²) < 4.78 is 0. The molecular weight excluding hydrogens is 222 g/mol. The van der Waals surface area contributed by atoms with Crippen molar-refractivity contribution >= 4 is 0 Å². The summed E-state index contributed by atoms with van der Waals surface area (Å²) in [5, 5.41) is 0. The van der Waals surface area contributed by atoms with E-state index in [2.05, 4.69) is 46.3 Å². The molecule has 2 aromatic rings. The minimum atomic E-state index is 0.558. The van der Waals surface area contributed by atoms with Gasteiger partial charge >= 0.3 is 0 Å². The molecule has 92 valence electrons. The summed E-state index contributed by atoms with van der Waals surface area (Å²) in [6.07, 6.45) is 1.87. The van der Waals surface area contributed by atoms with Gasteiger partial charge < -0.3 is 5.73 Å². The number of hydrogen-bond acceptors (Lipinski definition) is 3. The fraction of sp³-hybridized carbons (Fsp3) is 0.267. The van der Waals surface area contributed by atoms with Crippen LogP contribution in [0.3, 0.4) is 0 Å². The normalized spacial score (nSPS) is 14.7. The van der Waals surface area contributed by atoms with Gasteiger partial charge in [-0.25, -0.2) is 0 Å². The molecule has 3 heteroatoms. The molecule has 0 radical (unpaired) electrons. The summed E-state index contributed by atoms with van der Waals surface area (Å²) in [6.45, 7) is 3.51. The smallest absolute Gasteiger partial charge is 0.0544 e. The number of nitrogens with two attached hydrogens (primary N) is 1. The minimum Gasteiger partial charge on any atom is -0.326 e. The quantitative estimate of drug-likeness (QED) is 0.891. The van der Waals surface area contributed by atoms with Gasteiger partial charge in [0.1, 0.15) is 0 Å². The number of nitrogens with zero attached hydrogens (tertiary/aromatic N) is 2. The van der Waals surface area contributed by atoms with E-state index in [1.165, 1.54) is 11.1 Å². The van der Waals surface area contributed by atoms with Crippen molar-refractivity contribution in [3.63, 3.8) is 0 Å². The first-order valence-corrected chi connectivity index (χ1v) is 6.28. The summed E-state index contributed by atoms with van der Waals surface area (Å²) in [5.41, 5.74) is 10.6. The molecule has 3 rings (SSSR count). The third kappa shape index (κ3) is 2.28. The van der Waals surface area contributed by atoms with Gasteiger partial charge in [-0.2, -0.15) is 0 Å². The van der Waals surface area contributed by atoms with E-state index >= 15 is 0 Å². The van der Waals surface area contributed by atoms with Crippen LogP contribution in [0, 0.1) is 0 Å². The van der Waals surface area contributed by atoms with Crippen LogP contribution in [-0.4, -0.2) is 9.88 Å². The number of pyridine rings is 1. The molecule has 3 nitrogen and oxygen atoms in total. The summed E-state index contributed by atoms with van der Waals surface area (Å²) in [6, 6.07) is 12.8. The van der Waals surface area contributed by atoms with Gasteiger partial charge in [-0.05, 0) is 22.8 Å². The van der Waals surface area contributed by atoms with E-state index in [-0.39, 0.29) is 0 Å². The Kier molecular flexibility index (Phi) is 3.09. The second-order valence-electron chi connectivity index (χ2n) is 4.78. The maximum atomic E-state index is 5.57. The van der Waals surface area contributed by atoms with Crippen molar-refractivity contribution < 1.29 is 0 Å². The zero-order chi connectivity index (χ0) is 12.4. The number of rotatable bonds is 3. The van der Waals surface area contributed by atoms with Gasteiger partial charge in [0, 0.05) is 32.4 Å². The lowest BCUT2D eigenvalue weighted by Gasteiger charge is -2.14. The molecule has 0 atom stereocenters. The van der Waals surface area contributed by atoms with Crippen LogP contribution >= 0.6 is 0 Å². The standard InChI is InChI=1S/C15H17N3/c16-7-12-5-6-15(17-8-12)11-18-9-13-3-1-2-4-14(13)10-18/h1-6,8H,7,9-11,16H2. The molecule has 18 heavy (non-hydrogen) atoms. The molecule has 1 aromatic carbocycles. The molecule has 2 N–H and O–H groups in total. The van der Waals surface area contributed by atoms with Crippen molar-refractivity contribution in [2.45, 2.75) is 26.2 Å².